The highest BCUT2D eigenvalue weighted by Gasteiger charge is 2.15. The molecular weight excluding hydrogens is 331 g/mol. The Labute approximate surface area is 115 Å². The van der Waals surface area contributed by atoms with E-state index in [2.05, 4.69) is 21.0 Å². The highest BCUT2D eigenvalue weighted by Crippen LogP contribution is 2.27. The maximum absolute atomic E-state index is 10.9. The highest BCUT2D eigenvalue weighted by atomic mass is 79.9. The summed E-state index contributed by atoms with van der Waals surface area (Å²) in [6, 6.07) is 4.92. The van der Waals surface area contributed by atoms with Crippen LogP contribution in [0.1, 0.15) is 10.4 Å². The Hall–Kier alpha value is -1.04. The molecule has 4 nitrogen and oxygen atoms in total. The van der Waals surface area contributed by atoms with E-state index in [0.717, 1.165) is 0 Å². The first-order valence-electron chi connectivity index (χ1n) is 4.43. The zero-order chi connectivity index (χ0) is 12.6. The second-order valence-electron chi connectivity index (χ2n) is 3.16. The Morgan fingerprint density at radius 2 is 2.06 bits per heavy atom. The first kappa shape index (κ1) is 12.4. The number of hydrogen-bond acceptors (Lipinski definition) is 2. The lowest BCUT2D eigenvalue weighted by atomic mass is 10.3. The molecule has 0 amide bonds. The van der Waals surface area contributed by atoms with Gasteiger partial charge in [-0.25, -0.2) is 9.48 Å². The maximum Gasteiger partial charge on any atom is 0.340 e. The van der Waals surface area contributed by atoms with Gasteiger partial charge in [0, 0.05) is 0 Å². The molecule has 1 heterocycles. The predicted octanol–water partition coefficient (Wildman–Crippen LogP) is 3.64. The normalized spacial score (nSPS) is 10.5. The second kappa shape index (κ2) is 4.68. The number of hydrogen-bond donors (Lipinski definition) is 1. The molecule has 0 aliphatic rings. The minimum atomic E-state index is -1.05. The lowest BCUT2D eigenvalue weighted by molar-refractivity contribution is 0.0696. The molecule has 0 bridgehead atoms. The van der Waals surface area contributed by atoms with Crippen LogP contribution in [0.5, 0.6) is 0 Å². The molecule has 0 fully saturated rings. The molecule has 2 rings (SSSR count). The molecule has 1 aromatic carbocycles. The largest absolute Gasteiger partial charge is 0.478 e. The molecule has 7 heteroatoms. The number of aromatic nitrogens is 2. The molecule has 0 unspecified atom stereocenters. The molecule has 0 saturated carbocycles. The fraction of sp³-hybridized carbons (Fsp3) is 0. The molecule has 0 radical (unpaired) electrons. The van der Waals surface area contributed by atoms with Crippen LogP contribution in [0, 0.1) is 0 Å². The number of nitrogens with zero attached hydrogens (tertiary/aromatic N) is 2. The summed E-state index contributed by atoms with van der Waals surface area (Å²) in [6.07, 6.45) is 1.26. The van der Waals surface area contributed by atoms with E-state index in [1.807, 2.05) is 0 Å². The van der Waals surface area contributed by atoms with Crippen molar-refractivity contribution < 1.29 is 9.90 Å². The van der Waals surface area contributed by atoms with Gasteiger partial charge in [-0.3, -0.25) is 0 Å². The highest BCUT2D eigenvalue weighted by molar-refractivity contribution is 9.10. The fourth-order valence-corrected chi connectivity index (χ4v) is 2.13. The van der Waals surface area contributed by atoms with E-state index in [-0.39, 0.29) is 5.56 Å². The standard InChI is InChI=1S/C10H5BrCl2N2O2/c11-9-6(10(16)17)4-14-15(9)5-1-2-7(12)8(13)3-5/h1-4H,(H,16,17). The van der Waals surface area contributed by atoms with Crippen LogP contribution >= 0.6 is 39.1 Å². The molecular formula is C10H5BrCl2N2O2. The van der Waals surface area contributed by atoms with E-state index in [9.17, 15) is 4.79 Å². The molecule has 88 valence electrons. The summed E-state index contributed by atoms with van der Waals surface area (Å²) in [4.78, 5) is 10.9. The van der Waals surface area contributed by atoms with Crippen molar-refractivity contribution in [1.82, 2.24) is 9.78 Å². The molecule has 0 aliphatic carbocycles. The van der Waals surface area contributed by atoms with Crippen LogP contribution < -0.4 is 0 Å². The Balaban J connectivity index is 2.53. The quantitative estimate of drug-likeness (QED) is 0.911. The maximum atomic E-state index is 10.9. The van der Waals surface area contributed by atoms with Gasteiger partial charge in [-0.2, -0.15) is 5.10 Å². The van der Waals surface area contributed by atoms with E-state index in [1.54, 1.807) is 18.2 Å². The summed E-state index contributed by atoms with van der Waals surface area (Å²) in [5.41, 5.74) is 0.704. The number of benzene rings is 1. The molecule has 0 spiro atoms. The van der Waals surface area contributed by atoms with Crippen molar-refractivity contribution in [1.29, 1.82) is 0 Å². The number of carbonyl (C=O) groups is 1. The Kier molecular flexibility index (Phi) is 3.42. The van der Waals surface area contributed by atoms with Crippen molar-refractivity contribution in [3.8, 4) is 5.69 Å². The van der Waals surface area contributed by atoms with Gasteiger partial charge >= 0.3 is 5.97 Å². The van der Waals surface area contributed by atoms with E-state index >= 15 is 0 Å². The molecule has 2 aromatic rings. The van der Waals surface area contributed by atoms with Crippen LogP contribution in [0.2, 0.25) is 10.0 Å². The van der Waals surface area contributed by atoms with Crippen molar-refractivity contribution in [2.75, 3.05) is 0 Å². The van der Waals surface area contributed by atoms with Crippen molar-refractivity contribution >= 4 is 45.1 Å². The summed E-state index contributed by atoms with van der Waals surface area (Å²) in [6.45, 7) is 0. The molecule has 17 heavy (non-hydrogen) atoms. The third kappa shape index (κ3) is 2.31. The Morgan fingerprint density at radius 1 is 1.35 bits per heavy atom. The number of halogens is 3. The number of rotatable bonds is 2. The van der Waals surface area contributed by atoms with Gasteiger partial charge in [-0.15, -0.1) is 0 Å². The van der Waals surface area contributed by atoms with Crippen molar-refractivity contribution in [3.05, 3.63) is 44.6 Å². The second-order valence-corrected chi connectivity index (χ2v) is 4.73. The number of carboxylic acids is 1. The molecule has 0 atom stereocenters. The predicted molar refractivity (Wildman–Crippen MR) is 68.2 cm³/mol. The summed E-state index contributed by atoms with van der Waals surface area (Å²) >= 11 is 14.9. The van der Waals surface area contributed by atoms with Crippen molar-refractivity contribution in [2.45, 2.75) is 0 Å². The third-order valence-electron chi connectivity index (χ3n) is 2.09. The van der Waals surface area contributed by atoms with Gasteiger partial charge in [-0.1, -0.05) is 23.2 Å². The van der Waals surface area contributed by atoms with Crippen molar-refractivity contribution in [3.63, 3.8) is 0 Å². The summed E-state index contributed by atoms with van der Waals surface area (Å²) in [5, 5.41) is 13.7. The van der Waals surface area contributed by atoms with Gasteiger partial charge in [0.15, 0.2) is 0 Å². The van der Waals surface area contributed by atoms with Gasteiger partial charge in [0.05, 0.1) is 21.9 Å². The smallest absolute Gasteiger partial charge is 0.340 e. The molecule has 1 N–H and O–H groups in total. The van der Waals surface area contributed by atoms with Crippen molar-refractivity contribution in [2.24, 2.45) is 0 Å². The van der Waals surface area contributed by atoms with Gasteiger partial charge in [-0.05, 0) is 34.1 Å². The third-order valence-corrected chi connectivity index (χ3v) is 3.59. The SMILES string of the molecule is O=C(O)c1cnn(-c2ccc(Cl)c(Cl)c2)c1Br. The Morgan fingerprint density at radius 3 is 2.59 bits per heavy atom. The Bertz CT molecular complexity index is 598. The average molecular weight is 336 g/mol. The zero-order valence-electron chi connectivity index (χ0n) is 8.19. The van der Waals surface area contributed by atoms with Crippen LogP contribution in [0.4, 0.5) is 0 Å². The lowest BCUT2D eigenvalue weighted by Gasteiger charge is -2.04. The summed E-state index contributed by atoms with van der Waals surface area (Å²) in [7, 11) is 0. The minimum Gasteiger partial charge on any atom is -0.478 e. The topological polar surface area (TPSA) is 55.1 Å². The first-order valence-corrected chi connectivity index (χ1v) is 5.98. The summed E-state index contributed by atoms with van der Waals surface area (Å²) < 4.78 is 1.77. The van der Waals surface area contributed by atoms with Crippen LogP contribution in [0.25, 0.3) is 5.69 Å². The van der Waals surface area contributed by atoms with Gasteiger partial charge in [0.25, 0.3) is 0 Å². The van der Waals surface area contributed by atoms with E-state index in [4.69, 9.17) is 28.3 Å². The lowest BCUT2D eigenvalue weighted by Crippen LogP contribution is -1.99. The van der Waals surface area contributed by atoms with Gasteiger partial charge in [0.2, 0.25) is 0 Å². The van der Waals surface area contributed by atoms with Gasteiger partial charge < -0.3 is 5.11 Å². The average Bonchev–Trinajstić information content (AvgIpc) is 2.64. The monoisotopic (exact) mass is 334 g/mol. The van der Waals surface area contributed by atoms with Crippen LogP contribution in [-0.4, -0.2) is 20.9 Å². The van der Waals surface area contributed by atoms with E-state index in [1.165, 1.54) is 10.9 Å². The zero-order valence-corrected chi connectivity index (χ0v) is 11.3. The molecule has 0 aliphatic heterocycles. The molecule has 1 aromatic heterocycles. The minimum absolute atomic E-state index is 0.0797. The van der Waals surface area contributed by atoms with Crippen LogP contribution in [-0.2, 0) is 0 Å². The van der Waals surface area contributed by atoms with E-state index in [0.29, 0.717) is 20.3 Å². The van der Waals surface area contributed by atoms with Crippen LogP contribution in [0.15, 0.2) is 29.0 Å². The van der Waals surface area contributed by atoms with Crippen LogP contribution in [0.3, 0.4) is 0 Å². The molecule has 0 saturated heterocycles. The number of carboxylic acid groups (broad SMARTS) is 1. The van der Waals surface area contributed by atoms with Gasteiger partial charge in [0.1, 0.15) is 10.2 Å². The number of aromatic carboxylic acids is 1. The van der Waals surface area contributed by atoms with E-state index < -0.39 is 5.97 Å². The first-order chi connectivity index (χ1) is 8.00. The summed E-state index contributed by atoms with van der Waals surface area (Å²) in [5.74, 6) is -1.05. The fourth-order valence-electron chi connectivity index (χ4n) is 1.27.